The first-order valence-electron chi connectivity index (χ1n) is 9.09. The monoisotopic (exact) mass is 336 g/mol. The highest BCUT2D eigenvalue weighted by atomic mass is 16.5. The Balaban J connectivity index is 1.88. The van der Waals surface area contributed by atoms with Crippen molar-refractivity contribution in [3.05, 3.63) is 23.8 Å². The predicted octanol–water partition coefficient (Wildman–Crippen LogP) is 2.42. The second kappa shape index (κ2) is 9.87. The van der Waals surface area contributed by atoms with E-state index in [0.717, 1.165) is 19.6 Å². The highest BCUT2D eigenvalue weighted by Crippen LogP contribution is 2.28. The number of benzene rings is 1. The minimum Gasteiger partial charge on any atom is -0.493 e. The zero-order valence-corrected chi connectivity index (χ0v) is 15.3. The number of aliphatic hydroxyl groups is 1. The molecule has 0 unspecified atom stereocenters. The molecule has 1 atom stereocenters. The van der Waals surface area contributed by atoms with Crippen molar-refractivity contribution in [2.24, 2.45) is 0 Å². The first kappa shape index (κ1) is 19.0. The van der Waals surface area contributed by atoms with E-state index in [9.17, 15) is 5.11 Å². The van der Waals surface area contributed by atoms with Gasteiger partial charge in [0.15, 0.2) is 11.5 Å². The van der Waals surface area contributed by atoms with Gasteiger partial charge in [-0.1, -0.05) is 26.3 Å². The lowest BCUT2D eigenvalue weighted by atomic mass is 9.93. The van der Waals surface area contributed by atoms with Crippen molar-refractivity contribution in [2.75, 3.05) is 33.4 Å². The van der Waals surface area contributed by atoms with Gasteiger partial charge in [-0.25, -0.2) is 0 Å². The summed E-state index contributed by atoms with van der Waals surface area (Å²) in [5.41, 5.74) is 1.18. The van der Waals surface area contributed by atoms with Crippen LogP contribution < -0.4 is 14.8 Å². The van der Waals surface area contributed by atoms with Gasteiger partial charge in [0.2, 0.25) is 0 Å². The molecule has 0 bridgehead atoms. The van der Waals surface area contributed by atoms with Crippen molar-refractivity contribution in [1.82, 2.24) is 10.2 Å². The summed E-state index contributed by atoms with van der Waals surface area (Å²) in [6.45, 7) is 7.79. The first-order valence-corrected chi connectivity index (χ1v) is 9.09. The Hall–Kier alpha value is -1.30. The summed E-state index contributed by atoms with van der Waals surface area (Å²) in [5, 5.41) is 13.7. The molecule has 0 saturated heterocycles. The van der Waals surface area contributed by atoms with Crippen molar-refractivity contribution in [3.8, 4) is 11.5 Å². The molecule has 24 heavy (non-hydrogen) atoms. The Kier molecular flexibility index (Phi) is 7.82. The fourth-order valence-electron chi connectivity index (χ4n) is 2.84. The number of nitrogens with one attached hydrogen (secondary N) is 1. The number of likely N-dealkylation sites (N-methyl/N-ethyl adjacent to an activating group) is 1. The summed E-state index contributed by atoms with van der Waals surface area (Å²) < 4.78 is 11.2. The number of methoxy groups -OCH3 is 1. The molecule has 1 saturated carbocycles. The van der Waals surface area contributed by atoms with Crippen LogP contribution in [0.3, 0.4) is 0 Å². The maximum absolute atomic E-state index is 10.2. The van der Waals surface area contributed by atoms with Gasteiger partial charge in [-0.2, -0.15) is 0 Å². The smallest absolute Gasteiger partial charge is 0.161 e. The average Bonchev–Trinajstić information content (AvgIpc) is 2.56. The Morgan fingerprint density at radius 2 is 2.00 bits per heavy atom. The quantitative estimate of drug-likeness (QED) is 0.650. The summed E-state index contributed by atoms with van der Waals surface area (Å²) in [6.07, 6.45) is 3.37. The summed E-state index contributed by atoms with van der Waals surface area (Å²) in [6, 6.07) is 6.66. The fourth-order valence-corrected chi connectivity index (χ4v) is 2.84. The molecule has 0 radical (unpaired) electrons. The highest BCUT2D eigenvalue weighted by Gasteiger charge is 2.17. The lowest BCUT2D eigenvalue weighted by Crippen LogP contribution is -2.35. The number of hydrogen-bond donors (Lipinski definition) is 2. The summed E-state index contributed by atoms with van der Waals surface area (Å²) in [5.74, 6) is 1.40. The van der Waals surface area contributed by atoms with Gasteiger partial charge in [-0.3, -0.25) is 0 Å². The van der Waals surface area contributed by atoms with Crippen molar-refractivity contribution in [2.45, 2.75) is 51.8 Å². The zero-order valence-electron chi connectivity index (χ0n) is 15.3. The summed E-state index contributed by atoms with van der Waals surface area (Å²) in [4.78, 5) is 2.18. The van der Waals surface area contributed by atoms with Crippen LogP contribution in [-0.2, 0) is 6.54 Å². The van der Waals surface area contributed by atoms with Gasteiger partial charge in [-0.15, -0.1) is 0 Å². The van der Waals surface area contributed by atoms with Crippen LogP contribution in [0.5, 0.6) is 11.5 Å². The van der Waals surface area contributed by atoms with E-state index in [0.29, 0.717) is 24.1 Å². The second-order valence-electron chi connectivity index (χ2n) is 6.44. The minimum absolute atomic E-state index is 0.270. The second-order valence-corrected chi connectivity index (χ2v) is 6.44. The lowest BCUT2D eigenvalue weighted by molar-refractivity contribution is 0.0705. The average molecular weight is 336 g/mol. The van der Waals surface area contributed by atoms with Crippen LogP contribution in [0, 0.1) is 0 Å². The molecular formula is C19H32N2O3. The molecule has 1 fully saturated rings. The van der Waals surface area contributed by atoms with Gasteiger partial charge in [0, 0.05) is 19.1 Å². The molecule has 136 valence electrons. The molecule has 2 N–H and O–H groups in total. The van der Waals surface area contributed by atoms with E-state index in [1.54, 1.807) is 7.11 Å². The van der Waals surface area contributed by atoms with Crippen LogP contribution in [0.1, 0.15) is 38.7 Å². The van der Waals surface area contributed by atoms with Gasteiger partial charge in [0.25, 0.3) is 0 Å². The van der Waals surface area contributed by atoms with Crippen LogP contribution in [0.4, 0.5) is 0 Å². The van der Waals surface area contributed by atoms with E-state index in [1.807, 2.05) is 12.1 Å². The molecule has 0 spiro atoms. The van der Waals surface area contributed by atoms with Gasteiger partial charge in [0.1, 0.15) is 12.7 Å². The van der Waals surface area contributed by atoms with Crippen LogP contribution >= 0.6 is 0 Å². The van der Waals surface area contributed by atoms with E-state index < -0.39 is 6.10 Å². The highest BCUT2D eigenvalue weighted by molar-refractivity contribution is 5.43. The minimum atomic E-state index is -0.508. The Bertz CT molecular complexity index is 488. The topological polar surface area (TPSA) is 54.0 Å². The van der Waals surface area contributed by atoms with E-state index in [1.165, 1.54) is 24.8 Å². The van der Waals surface area contributed by atoms with Crippen molar-refractivity contribution >= 4 is 0 Å². The van der Waals surface area contributed by atoms with Crippen LogP contribution in [0.2, 0.25) is 0 Å². The lowest BCUT2D eigenvalue weighted by Gasteiger charge is -2.26. The van der Waals surface area contributed by atoms with Crippen LogP contribution in [-0.4, -0.2) is 55.5 Å². The molecule has 5 heteroatoms. The van der Waals surface area contributed by atoms with Crippen LogP contribution in [0.15, 0.2) is 18.2 Å². The third-order valence-electron chi connectivity index (χ3n) is 4.72. The normalized spacial score (nSPS) is 16.0. The van der Waals surface area contributed by atoms with Crippen molar-refractivity contribution < 1.29 is 14.6 Å². The van der Waals surface area contributed by atoms with Gasteiger partial charge in [-0.05, 0) is 43.6 Å². The fraction of sp³-hybridized carbons (Fsp3) is 0.684. The van der Waals surface area contributed by atoms with E-state index in [-0.39, 0.29) is 6.61 Å². The standard InChI is InChI=1S/C19H32N2O3/c1-4-21(5-2)13-17(22)14-24-19-11-15(9-10-18(19)23-3)12-20-16-7-6-8-16/h9-11,16-17,20,22H,4-8,12-14H2,1-3H3/t17-/m0/s1. The van der Waals surface area contributed by atoms with Crippen molar-refractivity contribution in [1.29, 1.82) is 0 Å². The number of nitrogens with zero attached hydrogens (tertiary/aromatic N) is 1. The van der Waals surface area contributed by atoms with Gasteiger partial charge in [0.05, 0.1) is 7.11 Å². The number of aliphatic hydroxyl groups excluding tert-OH is 1. The Morgan fingerprint density at radius 1 is 1.25 bits per heavy atom. The Labute approximate surface area is 146 Å². The number of hydrogen-bond acceptors (Lipinski definition) is 5. The number of ether oxygens (including phenoxy) is 2. The van der Waals surface area contributed by atoms with Gasteiger partial charge >= 0.3 is 0 Å². The SMILES string of the molecule is CCN(CC)C[C@H](O)COc1cc(CNC2CCC2)ccc1OC. The zero-order chi connectivity index (χ0) is 17.4. The molecule has 1 aromatic rings. The van der Waals surface area contributed by atoms with E-state index in [2.05, 4.69) is 30.1 Å². The maximum atomic E-state index is 10.2. The third-order valence-corrected chi connectivity index (χ3v) is 4.72. The molecule has 1 aromatic carbocycles. The summed E-state index contributed by atoms with van der Waals surface area (Å²) in [7, 11) is 1.64. The number of rotatable bonds is 11. The maximum Gasteiger partial charge on any atom is 0.161 e. The van der Waals surface area contributed by atoms with Crippen molar-refractivity contribution in [3.63, 3.8) is 0 Å². The molecule has 2 rings (SSSR count). The molecule has 0 aliphatic heterocycles. The Morgan fingerprint density at radius 3 is 2.58 bits per heavy atom. The third kappa shape index (κ3) is 5.65. The molecule has 0 amide bonds. The largest absolute Gasteiger partial charge is 0.493 e. The molecule has 5 nitrogen and oxygen atoms in total. The molecule has 1 aliphatic rings. The molecule has 0 aromatic heterocycles. The van der Waals surface area contributed by atoms with E-state index in [4.69, 9.17) is 9.47 Å². The molecular weight excluding hydrogens is 304 g/mol. The van der Waals surface area contributed by atoms with Gasteiger partial charge < -0.3 is 24.8 Å². The van der Waals surface area contributed by atoms with Crippen LogP contribution in [0.25, 0.3) is 0 Å². The first-order chi connectivity index (χ1) is 11.7. The molecule has 1 aliphatic carbocycles. The molecule has 0 heterocycles. The summed E-state index contributed by atoms with van der Waals surface area (Å²) >= 11 is 0. The predicted molar refractivity (Wildman–Crippen MR) is 96.8 cm³/mol. The van der Waals surface area contributed by atoms with E-state index >= 15 is 0 Å².